The Hall–Kier alpha value is -1.26. The summed E-state index contributed by atoms with van der Waals surface area (Å²) in [6.07, 6.45) is 3.22. The molecule has 0 aliphatic heterocycles. The summed E-state index contributed by atoms with van der Waals surface area (Å²) >= 11 is 6.14. The lowest BCUT2D eigenvalue weighted by Gasteiger charge is -2.08. The van der Waals surface area contributed by atoms with Gasteiger partial charge in [0.05, 0.1) is 11.0 Å². The van der Waals surface area contributed by atoms with Crippen molar-refractivity contribution in [1.82, 2.24) is 9.55 Å². The predicted molar refractivity (Wildman–Crippen MR) is 75.0 cm³/mol. The number of nitrogens with two attached hydrogens (primary N) is 1. The van der Waals surface area contributed by atoms with Crippen molar-refractivity contribution in [2.75, 3.05) is 0 Å². The maximum absolute atomic E-state index is 11.9. The second kappa shape index (κ2) is 5.59. The van der Waals surface area contributed by atoms with Crippen molar-refractivity contribution in [3.8, 4) is 0 Å². The molecule has 1 heterocycles. The first-order valence-corrected chi connectivity index (χ1v) is 6.66. The van der Waals surface area contributed by atoms with Crippen LogP contribution in [0.5, 0.6) is 0 Å². The van der Waals surface area contributed by atoms with Crippen molar-refractivity contribution in [3.63, 3.8) is 0 Å². The Bertz CT molecular complexity index is 600. The van der Waals surface area contributed by atoms with E-state index in [1.165, 1.54) is 0 Å². The molecule has 0 spiro atoms. The van der Waals surface area contributed by atoms with Crippen LogP contribution in [0.2, 0.25) is 5.02 Å². The molecule has 0 atom stereocenters. The lowest BCUT2D eigenvalue weighted by molar-refractivity contribution is 0.599. The van der Waals surface area contributed by atoms with Gasteiger partial charge >= 0.3 is 5.69 Å². The third-order valence-corrected chi connectivity index (χ3v) is 3.53. The largest absolute Gasteiger partial charge is 0.326 e. The Morgan fingerprint density at radius 2 is 2.17 bits per heavy atom. The molecule has 0 radical (unpaired) electrons. The highest BCUT2D eigenvalue weighted by molar-refractivity contribution is 6.32. The van der Waals surface area contributed by atoms with Crippen molar-refractivity contribution >= 4 is 22.6 Å². The molecule has 0 fully saturated rings. The van der Waals surface area contributed by atoms with Gasteiger partial charge in [0, 0.05) is 23.7 Å². The van der Waals surface area contributed by atoms with E-state index in [1.54, 1.807) is 10.6 Å². The number of aromatic nitrogens is 2. The predicted octanol–water partition coefficient (Wildman–Crippen LogP) is 2.63. The van der Waals surface area contributed by atoms with Gasteiger partial charge in [-0.25, -0.2) is 4.79 Å². The number of imidazole rings is 1. The third-order valence-electron chi connectivity index (χ3n) is 3.17. The van der Waals surface area contributed by atoms with E-state index >= 15 is 0 Å². The van der Waals surface area contributed by atoms with Crippen molar-refractivity contribution in [3.05, 3.63) is 33.2 Å². The molecule has 18 heavy (non-hydrogen) atoms. The van der Waals surface area contributed by atoms with Crippen LogP contribution in [0.4, 0.5) is 0 Å². The second-order valence-corrected chi connectivity index (χ2v) is 4.82. The maximum atomic E-state index is 11.9. The Balaban J connectivity index is 2.53. The van der Waals surface area contributed by atoms with Crippen LogP contribution in [0, 0.1) is 0 Å². The maximum Gasteiger partial charge on any atom is 0.326 e. The molecule has 0 aliphatic carbocycles. The first kappa shape index (κ1) is 13.2. The molecule has 1 aromatic heterocycles. The zero-order chi connectivity index (χ0) is 13.1. The summed E-state index contributed by atoms with van der Waals surface area (Å²) in [7, 11) is 0. The Kier molecular flexibility index (Phi) is 4.09. The van der Waals surface area contributed by atoms with E-state index in [2.05, 4.69) is 11.9 Å². The van der Waals surface area contributed by atoms with Crippen molar-refractivity contribution in [2.45, 2.75) is 39.3 Å². The van der Waals surface area contributed by atoms with Crippen molar-refractivity contribution in [2.24, 2.45) is 5.73 Å². The van der Waals surface area contributed by atoms with Gasteiger partial charge in [-0.05, 0) is 18.6 Å². The summed E-state index contributed by atoms with van der Waals surface area (Å²) in [6, 6.07) is 3.60. The summed E-state index contributed by atoms with van der Waals surface area (Å²) in [5, 5.41) is 0.619. The Morgan fingerprint density at radius 1 is 1.39 bits per heavy atom. The highest BCUT2D eigenvalue weighted by Gasteiger charge is 2.12. The van der Waals surface area contributed by atoms with Crippen LogP contribution in [0.15, 0.2) is 16.9 Å². The average molecular weight is 268 g/mol. The molecule has 0 bridgehead atoms. The molecule has 0 amide bonds. The first-order valence-electron chi connectivity index (χ1n) is 6.29. The highest BCUT2D eigenvalue weighted by Crippen LogP contribution is 2.24. The summed E-state index contributed by atoms with van der Waals surface area (Å²) in [5.41, 5.74) is 8.15. The summed E-state index contributed by atoms with van der Waals surface area (Å²) < 4.78 is 1.75. The van der Waals surface area contributed by atoms with Gasteiger partial charge in [-0.1, -0.05) is 31.4 Å². The number of aryl methyl sites for hydroxylation is 1. The number of hydrogen-bond donors (Lipinski definition) is 2. The quantitative estimate of drug-likeness (QED) is 0.818. The van der Waals surface area contributed by atoms with Crippen LogP contribution in [0.25, 0.3) is 11.0 Å². The summed E-state index contributed by atoms with van der Waals surface area (Å²) in [4.78, 5) is 14.8. The van der Waals surface area contributed by atoms with Crippen LogP contribution in [-0.4, -0.2) is 9.55 Å². The molecule has 0 unspecified atom stereocenters. The zero-order valence-electron chi connectivity index (χ0n) is 10.5. The number of halogens is 1. The van der Waals surface area contributed by atoms with E-state index in [-0.39, 0.29) is 5.69 Å². The van der Waals surface area contributed by atoms with Gasteiger partial charge in [0.2, 0.25) is 0 Å². The lowest BCUT2D eigenvalue weighted by atomic mass is 10.1. The van der Waals surface area contributed by atoms with Crippen LogP contribution in [-0.2, 0) is 13.1 Å². The van der Waals surface area contributed by atoms with Gasteiger partial charge in [-0.3, -0.25) is 4.57 Å². The second-order valence-electron chi connectivity index (χ2n) is 4.42. The minimum atomic E-state index is -0.0851. The first-order chi connectivity index (χ1) is 8.69. The molecule has 3 N–H and O–H groups in total. The summed E-state index contributed by atoms with van der Waals surface area (Å²) in [6.45, 7) is 3.18. The molecular formula is C13H18ClN3O. The number of nitrogens with one attached hydrogen (secondary N) is 1. The van der Waals surface area contributed by atoms with Gasteiger partial charge in [0.1, 0.15) is 0 Å². The number of aromatic amines is 1. The van der Waals surface area contributed by atoms with E-state index in [0.29, 0.717) is 18.1 Å². The number of unbranched alkanes of at least 4 members (excludes halogenated alkanes) is 2. The number of nitrogens with zero attached hydrogens (tertiary/aromatic N) is 1. The standard InChI is InChI=1S/C13H18ClN3O/c1-2-3-4-7-17-12-9(8-15)10(14)5-6-11(12)16-13(17)18/h5-6H,2-4,7-8,15H2,1H3,(H,16,18). The normalized spacial score (nSPS) is 11.3. The van der Waals surface area contributed by atoms with Gasteiger partial charge in [-0.2, -0.15) is 0 Å². The lowest BCUT2D eigenvalue weighted by Crippen LogP contribution is -2.17. The van der Waals surface area contributed by atoms with E-state index in [1.807, 2.05) is 6.07 Å². The minimum Gasteiger partial charge on any atom is -0.326 e. The van der Waals surface area contributed by atoms with Crippen LogP contribution >= 0.6 is 11.6 Å². The van der Waals surface area contributed by atoms with Gasteiger partial charge in [0.15, 0.2) is 0 Å². The van der Waals surface area contributed by atoms with E-state index in [0.717, 1.165) is 35.9 Å². The number of benzene rings is 1. The number of hydrogen-bond acceptors (Lipinski definition) is 2. The fourth-order valence-corrected chi connectivity index (χ4v) is 2.46. The molecule has 2 aromatic rings. The van der Waals surface area contributed by atoms with E-state index in [9.17, 15) is 4.79 Å². The molecule has 0 saturated heterocycles. The molecule has 0 aliphatic rings. The third kappa shape index (κ3) is 2.31. The van der Waals surface area contributed by atoms with Crippen LogP contribution in [0.3, 0.4) is 0 Å². The van der Waals surface area contributed by atoms with E-state index in [4.69, 9.17) is 17.3 Å². The average Bonchev–Trinajstić information content (AvgIpc) is 2.67. The zero-order valence-corrected chi connectivity index (χ0v) is 11.3. The molecule has 1 aromatic carbocycles. The molecule has 4 nitrogen and oxygen atoms in total. The number of H-pyrrole nitrogens is 1. The minimum absolute atomic E-state index is 0.0851. The molecular weight excluding hydrogens is 250 g/mol. The number of rotatable bonds is 5. The fourth-order valence-electron chi connectivity index (χ4n) is 2.23. The van der Waals surface area contributed by atoms with Crippen molar-refractivity contribution < 1.29 is 0 Å². The molecule has 98 valence electrons. The van der Waals surface area contributed by atoms with Gasteiger partial charge in [0.25, 0.3) is 0 Å². The summed E-state index contributed by atoms with van der Waals surface area (Å²) in [5.74, 6) is 0. The van der Waals surface area contributed by atoms with Gasteiger partial charge < -0.3 is 10.7 Å². The highest BCUT2D eigenvalue weighted by atomic mass is 35.5. The topological polar surface area (TPSA) is 63.8 Å². The van der Waals surface area contributed by atoms with Crippen molar-refractivity contribution in [1.29, 1.82) is 0 Å². The molecule has 5 heteroatoms. The van der Waals surface area contributed by atoms with Crippen LogP contribution < -0.4 is 11.4 Å². The molecule has 2 rings (SSSR count). The Labute approximate surface area is 111 Å². The molecule has 0 saturated carbocycles. The Morgan fingerprint density at radius 3 is 2.83 bits per heavy atom. The van der Waals surface area contributed by atoms with E-state index < -0.39 is 0 Å². The number of fused-ring (bicyclic) bond motifs is 1. The monoisotopic (exact) mass is 267 g/mol. The fraction of sp³-hybridized carbons (Fsp3) is 0.462. The smallest absolute Gasteiger partial charge is 0.326 e. The SMILES string of the molecule is CCCCCn1c(=O)[nH]c2ccc(Cl)c(CN)c21. The van der Waals surface area contributed by atoms with Crippen LogP contribution in [0.1, 0.15) is 31.7 Å². The van der Waals surface area contributed by atoms with Gasteiger partial charge in [-0.15, -0.1) is 0 Å².